The van der Waals surface area contributed by atoms with E-state index in [1.807, 2.05) is 26.0 Å². The number of aromatic nitrogens is 1. The van der Waals surface area contributed by atoms with E-state index < -0.39 is 6.10 Å². The molecular formula is C18H23NO. The SMILES string of the molecule is Cc1cnc(C(O)c2ccc(C(C)(C)C)cc2)c(C)c1. The standard InChI is InChI=1S/C18H23NO/c1-12-10-13(2)16(19-11-12)17(20)14-6-8-15(9-7-14)18(3,4)5/h6-11,17,20H,1-5H3. The summed E-state index contributed by atoms with van der Waals surface area (Å²) in [5.74, 6) is 0. The fourth-order valence-corrected chi connectivity index (χ4v) is 2.34. The first-order chi connectivity index (χ1) is 9.29. The Hall–Kier alpha value is -1.67. The van der Waals surface area contributed by atoms with Crippen molar-refractivity contribution in [2.24, 2.45) is 0 Å². The van der Waals surface area contributed by atoms with Crippen LogP contribution in [-0.4, -0.2) is 10.1 Å². The average Bonchev–Trinajstić information content (AvgIpc) is 2.37. The highest BCUT2D eigenvalue weighted by Gasteiger charge is 2.17. The molecule has 0 saturated heterocycles. The fraction of sp³-hybridized carbons (Fsp3) is 0.389. The van der Waals surface area contributed by atoms with Crippen LogP contribution in [0.15, 0.2) is 36.5 Å². The summed E-state index contributed by atoms with van der Waals surface area (Å²) in [6.45, 7) is 10.6. The van der Waals surface area contributed by atoms with Crippen LogP contribution < -0.4 is 0 Å². The van der Waals surface area contributed by atoms with Crippen LogP contribution in [0.1, 0.15) is 54.8 Å². The molecule has 1 aromatic heterocycles. The van der Waals surface area contributed by atoms with E-state index in [9.17, 15) is 5.11 Å². The Morgan fingerprint density at radius 3 is 2.15 bits per heavy atom. The van der Waals surface area contributed by atoms with Crippen LogP contribution in [0.2, 0.25) is 0 Å². The van der Waals surface area contributed by atoms with E-state index in [-0.39, 0.29) is 5.41 Å². The third-order valence-corrected chi connectivity index (χ3v) is 3.61. The lowest BCUT2D eigenvalue weighted by Crippen LogP contribution is -2.11. The molecule has 20 heavy (non-hydrogen) atoms. The molecule has 2 rings (SSSR count). The lowest BCUT2D eigenvalue weighted by molar-refractivity contribution is 0.214. The molecule has 0 radical (unpaired) electrons. The van der Waals surface area contributed by atoms with Gasteiger partial charge in [-0.2, -0.15) is 0 Å². The minimum Gasteiger partial charge on any atom is -0.382 e. The van der Waals surface area contributed by atoms with Crippen molar-refractivity contribution in [2.75, 3.05) is 0 Å². The Kier molecular flexibility index (Phi) is 3.96. The van der Waals surface area contributed by atoms with Gasteiger partial charge in [-0.15, -0.1) is 0 Å². The van der Waals surface area contributed by atoms with E-state index in [1.165, 1.54) is 5.56 Å². The molecule has 0 fully saturated rings. The zero-order valence-electron chi connectivity index (χ0n) is 12.9. The van der Waals surface area contributed by atoms with Crippen molar-refractivity contribution >= 4 is 0 Å². The van der Waals surface area contributed by atoms with Crippen LogP contribution in [0, 0.1) is 13.8 Å². The Balaban J connectivity index is 2.31. The first-order valence-electron chi connectivity index (χ1n) is 7.00. The van der Waals surface area contributed by atoms with E-state index >= 15 is 0 Å². The Bertz CT molecular complexity index is 594. The summed E-state index contributed by atoms with van der Waals surface area (Å²) in [5, 5.41) is 10.5. The van der Waals surface area contributed by atoms with Crippen molar-refractivity contribution in [1.82, 2.24) is 4.98 Å². The molecule has 1 N–H and O–H groups in total. The zero-order valence-corrected chi connectivity index (χ0v) is 12.9. The van der Waals surface area contributed by atoms with Crippen molar-refractivity contribution < 1.29 is 5.11 Å². The summed E-state index contributed by atoms with van der Waals surface area (Å²) in [6.07, 6.45) is 1.14. The molecule has 0 aliphatic rings. The lowest BCUT2D eigenvalue weighted by Gasteiger charge is -2.20. The number of aryl methyl sites for hydroxylation is 2. The number of nitrogens with zero attached hydrogens (tertiary/aromatic N) is 1. The quantitative estimate of drug-likeness (QED) is 0.891. The smallest absolute Gasteiger partial charge is 0.121 e. The van der Waals surface area contributed by atoms with Crippen molar-refractivity contribution in [3.8, 4) is 0 Å². The molecular weight excluding hydrogens is 246 g/mol. The third kappa shape index (κ3) is 3.07. The first kappa shape index (κ1) is 14.7. The molecule has 106 valence electrons. The van der Waals surface area contributed by atoms with Crippen molar-refractivity contribution in [3.05, 3.63) is 64.5 Å². The molecule has 1 unspecified atom stereocenters. The maximum atomic E-state index is 10.5. The van der Waals surface area contributed by atoms with E-state index in [0.29, 0.717) is 0 Å². The monoisotopic (exact) mass is 269 g/mol. The van der Waals surface area contributed by atoms with Crippen molar-refractivity contribution in [2.45, 2.75) is 46.1 Å². The van der Waals surface area contributed by atoms with Gasteiger partial charge in [0.2, 0.25) is 0 Å². The molecule has 2 aromatic rings. The second-order valence-corrected chi connectivity index (χ2v) is 6.49. The van der Waals surface area contributed by atoms with Gasteiger partial charge in [0.1, 0.15) is 6.10 Å². The topological polar surface area (TPSA) is 33.1 Å². The minimum atomic E-state index is -0.662. The fourth-order valence-electron chi connectivity index (χ4n) is 2.34. The summed E-state index contributed by atoms with van der Waals surface area (Å²) in [5.41, 5.74) is 5.15. The van der Waals surface area contributed by atoms with Crippen molar-refractivity contribution in [3.63, 3.8) is 0 Å². The third-order valence-electron chi connectivity index (χ3n) is 3.61. The summed E-state index contributed by atoms with van der Waals surface area (Å²) in [6, 6.07) is 10.2. The summed E-state index contributed by atoms with van der Waals surface area (Å²) < 4.78 is 0. The predicted octanol–water partition coefficient (Wildman–Crippen LogP) is 4.08. The van der Waals surface area contributed by atoms with Gasteiger partial charge >= 0.3 is 0 Å². The van der Waals surface area contributed by atoms with Gasteiger partial charge in [-0.1, -0.05) is 51.1 Å². The summed E-state index contributed by atoms with van der Waals surface area (Å²) in [4.78, 5) is 4.38. The molecule has 0 bridgehead atoms. The Morgan fingerprint density at radius 1 is 1.05 bits per heavy atom. The van der Waals surface area contributed by atoms with Crippen LogP contribution in [0.3, 0.4) is 0 Å². The molecule has 1 heterocycles. The van der Waals surface area contributed by atoms with Gasteiger partial charge in [-0.25, -0.2) is 0 Å². The van der Waals surface area contributed by atoms with Gasteiger partial charge in [-0.3, -0.25) is 4.98 Å². The first-order valence-corrected chi connectivity index (χ1v) is 7.00. The van der Waals surface area contributed by atoms with Crippen LogP contribution in [0.4, 0.5) is 0 Å². The average molecular weight is 269 g/mol. The molecule has 0 aliphatic heterocycles. The number of rotatable bonds is 2. The number of aliphatic hydroxyl groups is 1. The van der Waals surface area contributed by atoms with Crippen LogP contribution in [0.25, 0.3) is 0 Å². The molecule has 2 heteroatoms. The maximum Gasteiger partial charge on any atom is 0.121 e. The van der Waals surface area contributed by atoms with E-state index in [4.69, 9.17) is 0 Å². The normalized spacial score (nSPS) is 13.3. The number of aliphatic hydroxyl groups excluding tert-OH is 1. The van der Waals surface area contributed by atoms with Gasteiger partial charge < -0.3 is 5.11 Å². The Morgan fingerprint density at radius 2 is 1.65 bits per heavy atom. The molecule has 0 aliphatic carbocycles. The van der Waals surface area contributed by atoms with Gasteiger partial charge in [0, 0.05) is 6.20 Å². The van der Waals surface area contributed by atoms with E-state index in [1.54, 1.807) is 6.20 Å². The van der Waals surface area contributed by atoms with Crippen LogP contribution in [0.5, 0.6) is 0 Å². The van der Waals surface area contributed by atoms with E-state index in [0.717, 1.165) is 22.4 Å². The van der Waals surface area contributed by atoms with E-state index in [2.05, 4.69) is 44.0 Å². The summed E-state index contributed by atoms with van der Waals surface area (Å²) >= 11 is 0. The van der Waals surface area contributed by atoms with Gasteiger partial charge in [0.25, 0.3) is 0 Å². The van der Waals surface area contributed by atoms with Crippen molar-refractivity contribution in [1.29, 1.82) is 0 Å². The highest BCUT2D eigenvalue weighted by molar-refractivity contribution is 5.35. The molecule has 2 nitrogen and oxygen atoms in total. The molecule has 1 aromatic carbocycles. The Labute approximate surface area is 121 Å². The van der Waals surface area contributed by atoms with Crippen LogP contribution in [-0.2, 0) is 5.41 Å². The highest BCUT2D eigenvalue weighted by Crippen LogP contribution is 2.27. The minimum absolute atomic E-state index is 0.126. The largest absolute Gasteiger partial charge is 0.382 e. The number of benzene rings is 1. The second kappa shape index (κ2) is 5.37. The molecule has 0 saturated carbocycles. The molecule has 0 spiro atoms. The van der Waals surface area contributed by atoms with Gasteiger partial charge in [0.05, 0.1) is 5.69 Å². The maximum absolute atomic E-state index is 10.5. The number of hydrogen-bond acceptors (Lipinski definition) is 2. The highest BCUT2D eigenvalue weighted by atomic mass is 16.3. The van der Waals surface area contributed by atoms with Crippen LogP contribution >= 0.6 is 0 Å². The van der Waals surface area contributed by atoms with Gasteiger partial charge in [-0.05, 0) is 41.5 Å². The molecule has 0 amide bonds. The lowest BCUT2D eigenvalue weighted by atomic mass is 9.86. The second-order valence-electron chi connectivity index (χ2n) is 6.49. The zero-order chi connectivity index (χ0) is 14.9. The summed E-state index contributed by atoms with van der Waals surface area (Å²) in [7, 11) is 0. The molecule has 1 atom stereocenters. The number of pyridine rings is 1. The van der Waals surface area contributed by atoms with Gasteiger partial charge in [0.15, 0.2) is 0 Å². The number of hydrogen-bond donors (Lipinski definition) is 1. The predicted molar refractivity (Wildman–Crippen MR) is 82.9 cm³/mol.